The van der Waals surface area contributed by atoms with Gasteiger partial charge in [-0.15, -0.1) is 0 Å². The van der Waals surface area contributed by atoms with Crippen molar-refractivity contribution < 1.29 is 14.3 Å². The van der Waals surface area contributed by atoms with Gasteiger partial charge in [-0.3, -0.25) is 0 Å². The Morgan fingerprint density at radius 3 is 1.67 bits per heavy atom. The molecule has 39 heavy (non-hydrogen) atoms. The quantitative estimate of drug-likeness (QED) is 0.0852. The van der Waals surface area contributed by atoms with Gasteiger partial charge in [0, 0.05) is 6.61 Å². The zero-order valence-electron chi connectivity index (χ0n) is 25.5. The van der Waals surface area contributed by atoms with Crippen molar-refractivity contribution in [3.63, 3.8) is 0 Å². The number of carbonyl (C=O) groups is 1. The summed E-state index contributed by atoms with van der Waals surface area (Å²) in [6.07, 6.45) is 21.2. The number of hydrogen-bond acceptors (Lipinski definition) is 3. The Kier molecular flexibility index (Phi) is 17.6. The van der Waals surface area contributed by atoms with Crippen LogP contribution >= 0.6 is 0 Å². The second-order valence-electron chi connectivity index (χ2n) is 11.2. The van der Waals surface area contributed by atoms with Crippen molar-refractivity contribution in [1.82, 2.24) is 0 Å². The molecule has 0 bridgehead atoms. The van der Waals surface area contributed by atoms with Crippen LogP contribution in [0.15, 0.2) is 48.5 Å². The third kappa shape index (κ3) is 13.7. The van der Waals surface area contributed by atoms with Gasteiger partial charge >= 0.3 is 5.97 Å². The lowest BCUT2D eigenvalue weighted by molar-refractivity contribution is 0.0626. The van der Waals surface area contributed by atoms with Crippen LogP contribution in [0.5, 0.6) is 5.75 Å². The Morgan fingerprint density at radius 2 is 1.15 bits per heavy atom. The van der Waals surface area contributed by atoms with Gasteiger partial charge in [-0.05, 0) is 67.5 Å². The first-order valence-electron chi connectivity index (χ1n) is 16.1. The number of benzene rings is 2. The Hall–Kier alpha value is -2.13. The van der Waals surface area contributed by atoms with E-state index in [4.69, 9.17) is 9.47 Å². The van der Waals surface area contributed by atoms with Crippen LogP contribution in [-0.2, 0) is 4.74 Å². The van der Waals surface area contributed by atoms with Gasteiger partial charge in [0.05, 0.1) is 11.7 Å². The maximum Gasteiger partial charge on any atom is 0.343 e. The maximum atomic E-state index is 12.6. The van der Waals surface area contributed by atoms with Crippen molar-refractivity contribution >= 4 is 5.97 Å². The topological polar surface area (TPSA) is 35.5 Å². The van der Waals surface area contributed by atoms with Crippen LogP contribution in [0, 0.1) is 0 Å². The highest BCUT2D eigenvalue weighted by molar-refractivity contribution is 5.91. The van der Waals surface area contributed by atoms with Gasteiger partial charge in [0.2, 0.25) is 0 Å². The summed E-state index contributed by atoms with van der Waals surface area (Å²) in [4.78, 5) is 12.6. The third-order valence-electron chi connectivity index (χ3n) is 7.92. The summed E-state index contributed by atoms with van der Waals surface area (Å²) >= 11 is 0. The number of hydrogen-bond donors (Lipinski definition) is 0. The largest absolute Gasteiger partial charge is 0.423 e. The first-order valence-corrected chi connectivity index (χ1v) is 16.1. The van der Waals surface area contributed by atoms with E-state index in [2.05, 4.69) is 39.8 Å². The number of carbonyl (C=O) groups excluding carboxylic acids is 1. The third-order valence-corrected chi connectivity index (χ3v) is 7.92. The molecule has 218 valence electrons. The number of unbranched alkanes of at least 4 members (excludes halogenated alkanes) is 12. The molecule has 0 saturated carbocycles. The molecule has 0 aliphatic heterocycles. The first kappa shape index (κ1) is 33.1. The minimum absolute atomic E-state index is 0.0228. The molecule has 0 heterocycles. The van der Waals surface area contributed by atoms with E-state index >= 15 is 0 Å². The van der Waals surface area contributed by atoms with E-state index in [1.54, 1.807) is 0 Å². The molecule has 2 unspecified atom stereocenters. The fraction of sp³-hybridized carbons (Fsp3) is 0.639. The highest BCUT2D eigenvalue weighted by atomic mass is 16.5. The van der Waals surface area contributed by atoms with Gasteiger partial charge < -0.3 is 9.47 Å². The van der Waals surface area contributed by atoms with Gasteiger partial charge in [-0.2, -0.15) is 0 Å². The Morgan fingerprint density at radius 1 is 0.641 bits per heavy atom. The molecule has 0 N–H and O–H groups in total. The molecule has 0 aliphatic rings. The number of esters is 1. The van der Waals surface area contributed by atoms with Gasteiger partial charge in [-0.1, -0.05) is 129 Å². The van der Waals surface area contributed by atoms with E-state index < -0.39 is 0 Å². The van der Waals surface area contributed by atoms with E-state index in [-0.39, 0.29) is 12.1 Å². The van der Waals surface area contributed by atoms with Crippen molar-refractivity contribution in [2.45, 2.75) is 142 Å². The summed E-state index contributed by atoms with van der Waals surface area (Å²) in [5.74, 6) is 0.838. The van der Waals surface area contributed by atoms with Gasteiger partial charge in [0.25, 0.3) is 0 Å². The first-order chi connectivity index (χ1) is 19.1. The molecule has 0 aromatic heterocycles. The minimum atomic E-state index is -0.324. The second kappa shape index (κ2) is 20.7. The second-order valence-corrected chi connectivity index (χ2v) is 11.2. The van der Waals surface area contributed by atoms with Crippen molar-refractivity contribution in [1.29, 1.82) is 0 Å². The fourth-order valence-corrected chi connectivity index (χ4v) is 5.30. The molecule has 3 nitrogen and oxygen atoms in total. The molecule has 0 aliphatic carbocycles. The summed E-state index contributed by atoms with van der Waals surface area (Å²) in [5.41, 5.74) is 2.97. The molecule has 2 aromatic rings. The summed E-state index contributed by atoms with van der Waals surface area (Å²) in [6.45, 7) is 9.60. The molecule has 0 spiro atoms. The monoisotopic (exact) mass is 536 g/mol. The molecule has 0 saturated heterocycles. The van der Waals surface area contributed by atoms with Crippen LogP contribution in [0.25, 0.3) is 0 Å². The zero-order chi connectivity index (χ0) is 28.1. The van der Waals surface area contributed by atoms with E-state index in [1.807, 2.05) is 36.4 Å². The highest BCUT2D eigenvalue weighted by Crippen LogP contribution is 2.27. The Bertz CT molecular complexity index is 871. The summed E-state index contributed by atoms with van der Waals surface area (Å²) in [6, 6.07) is 15.6. The lowest BCUT2D eigenvalue weighted by Crippen LogP contribution is -2.09. The van der Waals surface area contributed by atoms with Crippen LogP contribution in [0.3, 0.4) is 0 Å². The number of ether oxygens (including phenoxy) is 2. The van der Waals surface area contributed by atoms with Crippen molar-refractivity contribution in [3.8, 4) is 5.75 Å². The molecule has 0 radical (unpaired) electrons. The molecule has 2 atom stereocenters. The Balaban J connectivity index is 1.59. The molecule has 3 heteroatoms. The normalized spacial score (nSPS) is 12.8. The van der Waals surface area contributed by atoms with E-state index in [1.165, 1.54) is 95.5 Å². The lowest BCUT2D eigenvalue weighted by Gasteiger charge is -2.15. The van der Waals surface area contributed by atoms with Crippen LogP contribution in [-0.4, -0.2) is 12.6 Å². The SMILES string of the molecule is CCCCCCCCCCCCCCCOC(C)c1ccc(C(=O)Oc2ccc(C(CC)CCC)cc2)cc1. The summed E-state index contributed by atoms with van der Waals surface area (Å²) in [5, 5.41) is 0. The highest BCUT2D eigenvalue weighted by Gasteiger charge is 2.13. The molecular weight excluding hydrogens is 480 g/mol. The van der Waals surface area contributed by atoms with Crippen molar-refractivity contribution in [2.24, 2.45) is 0 Å². The van der Waals surface area contributed by atoms with E-state index in [9.17, 15) is 4.79 Å². The van der Waals surface area contributed by atoms with Crippen molar-refractivity contribution in [2.75, 3.05) is 6.61 Å². The van der Waals surface area contributed by atoms with Crippen molar-refractivity contribution in [3.05, 3.63) is 65.2 Å². The van der Waals surface area contributed by atoms with E-state index in [0.717, 1.165) is 25.0 Å². The molecule has 0 fully saturated rings. The van der Waals surface area contributed by atoms with Crippen LogP contribution in [0.2, 0.25) is 0 Å². The molecule has 2 aromatic carbocycles. The fourth-order valence-electron chi connectivity index (χ4n) is 5.30. The lowest BCUT2D eigenvalue weighted by atomic mass is 9.92. The number of rotatable bonds is 22. The van der Waals surface area contributed by atoms with Crippen LogP contribution in [0.4, 0.5) is 0 Å². The summed E-state index contributed by atoms with van der Waals surface area (Å²) < 4.78 is 11.7. The minimum Gasteiger partial charge on any atom is -0.423 e. The smallest absolute Gasteiger partial charge is 0.343 e. The average molecular weight is 537 g/mol. The predicted octanol–water partition coefficient (Wildman–Crippen LogP) is 11.4. The van der Waals surface area contributed by atoms with Gasteiger partial charge in [-0.25, -0.2) is 4.79 Å². The molecular formula is C36H56O3. The Labute approximate surface area is 240 Å². The van der Waals surface area contributed by atoms with E-state index in [0.29, 0.717) is 17.2 Å². The summed E-state index contributed by atoms with van der Waals surface area (Å²) in [7, 11) is 0. The molecule has 0 amide bonds. The van der Waals surface area contributed by atoms with Gasteiger partial charge in [0.1, 0.15) is 5.75 Å². The van der Waals surface area contributed by atoms with Crippen LogP contribution < -0.4 is 4.74 Å². The predicted molar refractivity (Wildman–Crippen MR) is 166 cm³/mol. The standard InChI is InChI=1S/C36H56O3/c1-5-8-9-10-11-12-13-14-15-16-17-18-19-29-38-30(4)32-21-23-34(24-22-32)36(37)39-35-27-25-33(26-28-35)31(7-3)20-6-2/h21-28,30-31H,5-20,29H2,1-4H3. The van der Waals surface area contributed by atoms with Crippen LogP contribution in [0.1, 0.15) is 164 Å². The maximum absolute atomic E-state index is 12.6. The van der Waals surface area contributed by atoms with Gasteiger partial charge in [0.15, 0.2) is 0 Å². The zero-order valence-corrected chi connectivity index (χ0v) is 25.5. The molecule has 2 rings (SSSR count). The average Bonchev–Trinajstić information content (AvgIpc) is 2.96.